The van der Waals surface area contributed by atoms with Crippen LogP contribution in [0, 0.1) is 5.82 Å². The molecule has 0 radical (unpaired) electrons. The molecule has 4 nitrogen and oxygen atoms in total. The van der Waals surface area contributed by atoms with Crippen molar-refractivity contribution in [3.05, 3.63) is 53.4 Å². The Bertz CT molecular complexity index is 820. The van der Waals surface area contributed by atoms with Gasteiger partial charge < -0.3 is 5.32 Å². The van der Waals surface area contributed by atoms with Crippen molar-refractivity contribution in [2.75, 3.05) is 0 Å². The van der Waals surface area contributed by atoms with Crippen LogP contribution in [0.2, 0.25) is 0 Å². The molecule has 2 heterocycles. The molecule has 0 spiro atoms. The largest absolute Gasteiger partial charge is 0.351 e. The highest BCUT2D eigenvalue weighted by Gasteiger charge is 2.17. The first-order valence-electron chi connectivity index (χ1n) is 7.00. The lowest BCUT2D eigenvalue weighted by Crippen LogP contribution is -2.30. The van der Waals surface area contributed by atoms with E-state index < -0.39 is 0 Å². The lowest BCUT2D eigenvalue weighted by Gasteiger charge is -2.12. The Morgan fingerprint density at radius 2 is 2.09 bits per heavy atom. The molecule has 1 N–H and O–H groups in total. The van der Waals surface area contributed by atoms with E-state index >= 15 is 0 Å². The summed E-state index contributed by atoms with van der Waals surface area (Å²) in [5.41, 5.74) is 0.860. The maximum absolute atomic E-state index is 12.9. The number of hydrogen-bond donors (Lipinski definition) is 1. The Morgan fingerprint density at radius 1 is 1.30 bits per heavy atom. The van der Waals surface area contributed by atoms with E-state index in [1.54, 1.807) is 23.5 Å². The number of nitrogens with zero attached hydrogens (tertiary/aromatic N) is 2. The summed E-state index contributed by atoms with van der Waals surface area (Å²) in [6.45, 7) is 2.21. The summed E-state index contributed by atoms with van der Waals surface area (Å²) in [4.78, 5) is 21.6. The maximum Gasteiger partial charge on any atom is 0.233 e. The van der Waals surface area contributed by atoms with Crippen molar-refractivity contribution in [1.82, 2.24) is 15.3 Å². The number of carbonyl (C=O) groups excluding carboxylic acids is 1. The van der Waals surface area contributed by atoms with Crippen LogP contribution in [-0.4, -0.2) is 21.1 Å². The van der Waals surface area contributed by atoms with Crippen molar-refractivity contribution in [2.24, 2.45) is 0 Å². The van der Waals surface area contributed by atoms with Gasteiger partial charge in [-0.05, 0) is 36.1 Å². The quantitative estimate of drug-likeness (QED) is 0.566. The third-order valence-electron chi connectivity index (χ3n) is 3.26. The molecular formula is C16H14FN3OS2. The normalized spacial score (nSPS) is 12.3. The minimum Gasteiger partial charge on any atom is -0.351 e. The standard InChI is InChI=1S/C16H14FN3OS2/c1-10(14(21)18-8-11-2-4-12(17)5-3-11)23-16-13-6-7-22-15(13)19-9-20-16/h2-7,9-10H,8H2,1H3,(H,18,21)/t10-/m1/s1. The lowest BCUT2D eigenvalue weighted by atomic mass is 10.2. The van der Waals surface area contributed by atoms with E-state index in [9.17, 15) is 9.18 Å². The van der Waals surface area contributed by atoms with E-state index in [2.05, 4.69) is 15.3 Å². The first kappa shape index (κ1) is 15.9. The summed E-state index contributed by atoms with van der Waals surface area (Å²) in [5.74, 6) is -0.367. The minimum atomic E-state index is -0.285. The van der Waals surface area contributed by atoms with Crippen LogP contribution in [0.25, 0.3) is 10.2 Å². The molecule has 0 aliphatic heterocycles. The predicted molar refractivity (Wildman–Crippen MR) is 91.0 cm³/mol. The predicted octanol–water partition coefficient (Wildman–Crippen LogP) is 3.63. The zero-order chi connectivity index (χ0) is 16.2. The summed E-state index contributed by atoms with van der Waals surface area (Å²) in [6.07, 6.45) is 1.52. The molecule has 1 amide bonds. The molecule has 0 bridgehead atoms. The third kappa shape index (κ3) is 3.86. The number of hydrogen-bond acceptors (Lipinski definition) is 5. The molecule has 0 saturated heterocycles. The van der Waals surface area contributed by atoms with Crippen LogP contribution in [0.4, 0.5) is 4.39 Å². The molecule has 0 saturated carbocycles. The van der Waals surface area contributed by atoms with Crippen LogP contribution in [-0.2, 0) is 11.3 Å². The lowest BCUT2D eigenvalue weighted by molar-refractivity contribution is -0.120. The highest BCUT2D eigenvalue weighted by molar-refractivity contribution is 8.00. The topological polar surface area (TPSA) is 54.9 Å². The molecule has 0 aliphatic carbocycles. The molecule has 3 rings (SSSR count). The number of fused-ring (bicyclic) bond motifs is 1. The zero-order valence-corrected chi connectivity index (χ0v) is 14.0. The number of nitrogens with one attached hydrogen (secondary N) is 1. The highest BCUT2D eigenvalue weighted by atomic mass is 32.2. The Hall–Kier alpha value is -1.99. The van der Waals surface area contributed by atoms with Gasteiger partial charge in [-0.3, -0.25) is 4.79 Å². The Morgan fingerprint density at radius 3 is 2.87 bits per heavy atom. The Balaban J connectivity index is 1.61. The van der Waals surface area contributed by atoms with Gasteiger partial charge in [0.05, 0.1) is 5.25 Å². The van der Waals surface area contributed by atoms with E-state index in [1.165, 1.54) is 30.2 Å². The molecule has 23 heavy (non-hydrogen) atoms. The summed E-state index contributed by atoms with van der Waals surface area (Å²) >= 11 is 2.96. The second-order valence-electron chi connectivity index (χ2n) is 4.92. The van der Waals surface area contributed by atoms with Gasteiger partial charge in [0, 0.05) is 11.9 Å². The fraction of sp³-hybridized carbons (Fsp3) is 0.188. The minimum absolute atomic E-state index is 0.0821. The van der Waals surface area contributed by atoms with Gasteiger partial charge in [-0.2, -0.15) is 0 Å². The maximum atomic E-state index is 12.9. The van der Waals surface area contributed by atoms with E-state index in [0.717, 1.165) is 20.8 Å². The van der Waals surface area contributed by atoms with Crippen molar-refractivity contribution in [3.8, 4) is 0 Å². The van der Waals surface area contributed by atoms with Gasteiger partial charge in [-0.1, -0.05) is 23.9 Å². The molecule has 7 heteroatoms. The third-order valence-corrected chi connectivity index (χ3v) is 5.20. The molecule has 3 aromatic rings. The van der Waals surface area contributed by atoms with E-state index in [1.807, 2.05) is 18.4 Å². The van der Waals surface area contributed by atoms with Crippen LogP contribution < -0.4 is 5.32 Å². The van der Waals surface area contributed by atoms with Crippen LogP contribution in [0.1, 0.15) is 12.5 Å². The molecule has 118 valence electrons. The van der Waals surface area contributed by atoms with Gasteiger partial charge in [0.25, 0.3) is 0 Å². The SMILES string of the molecule is C[C@@H](Sc1ncnc2sccc12)C(=O)NCc1ccc(F)cc1. The first-order chi connectivity index (χ1) is 11.1. The van der Waals surface area contributed by atoms with Gasteiger partial charge in [0.1, 0.15) is 22.0 Å². The van der Waals surface area contributed by atoms with Crippen molar-refractivity contribution < 1.29 is 9.18 Å². The van der Waals surface area contributed by atoms with Gasteiger partial charge >= 0.3 is 0 Å². The van der Waals surface area contributed by atoms with E-state index in [-0.39, 0.29) is 17.0 Å². The van der Waals surface area contributed by atoms with Crippen LogP contribution in [0.15, 0.2) is 47.1 Å². The Labute approximate surface area is 141 Å². The first-order valence-corrected chi connectivity index (χ1v) is 8.76. The molecule has 1 atom stereocenters. The molecular weight excluding hydrogens is 333 g/mol. The summed E-state index contributed by atoms with van der Waals surface area (Å²) in [7, 11) is 0. The number of thiophene rings is 1. The number of halogens is 1. The van der Waals surface area contributed by atoms with Gasteiger partial charge in [0.15, 0.2) is 0 Å². The van der Waals surface area contributed by atoms with E-state index in [0.29, 0.717) is 6.54 Å². The number of benzene rings is 1. The smallest absolute Gasteiger partial charge is 0.233 e. The molecule has 0 unspecified atom stereocenters. The number of thioether (sulfide) groups is 1. The van der Waals surface area contributed by atoms with Crippen molar-refractivity contribution in [1.29, 1.82) is 0 Å². The molecule has 0 fully saturated rings. The number of amides is 1. The fourth-order valence-electron chi connectivity index (χ4n) is 2.02. The van der Waals surface area contributed by atoms with Crippen LogP contribution in [0.3, 0.4) is 0 Å². The number of rotatable bonds is 5. The summed E-state index contributed by atoms with van der Waals surface area (Å²) in [5, 5.41) is 6.31. The van der Waals surface area contributed by atoms with Gasteiger partial charge in [-0.15, -0.1) is 11.3 Å². The van der Waals surface area contributed by atoms with Crippen LogP contribution >= 0.6 is 23.1 Å². The zero-order valence-electron chi connectivity index (χ0n) is 12.3. The summed E-state index contributed by atoms with van der Waals surface area (Å²) in [6, 6.07) is 8.05. The second-order valence-corrected chi connectivity index (χ2v) is 7.15. The number of aromatic nitrogens is 2. The van der Waals surface area contributed by atoms with Gasteiger partial charge in [0.2, 0.25) is 5.91 Å². The van der Waals surface area contributed by atoms with E-state index in [4.69, 9.17) is 0 Å². The van der Waals surface area contributed by atoms with Crippen molar-refractivity contribution in [2.45, 2.75) is 23.7 Å². The average molecular weight is 347 g/mol. The fourth-order valence-corrected chi connectivity index (χ4v) is 3.74. The Kier molecular flexibility index (Phi) is 4.88. The second kappa shape index (κ2) is 7.06. The molecule has 1 aromatic carbocycles. The summed E-state index contributed by atoms with van der Waals surface area (Å²) < 4.78 is 12.9. The highest BCUT2D eigenvalue weighted by Crippen LogP contribution is 2.30. The number of carbonyl (C=O) groups is 1. The van der Waals surface area contributed by atoms with Crippen molar-refractivity contribution >= 4 is 39.2 Å². The average Bonchev–Trinajstić information content (AvgIpc) is 3.03. The molecule has 0 aliphatic rings. The van der Waals surface area contributed by atoms with Crippen LogP contribution in [0.5, 0.6) is 0 Å². The van der Waals surface area contributed by atoms with Gasteiger partial charge in [-0.25, -0.2) is 14.4 Å². The monoisotopic (exact) mass is 347 g/mol. The van der Waals surface area contributed by atoms with Crippen molar-refractivity contribution in [3.63, 3.8) is 0 Å². The molecule has 2 aromatic heterocycles.